The van der Waals surface area contributed by atoms with Gasteiger partial charge < -0.3 is 5.32 Å². The number of carbonyl (C=O) groups excluding carboxylic acids is 1. The zero-order chi connectivity index (χ0) is 20.4. The predicted octanol–water partition coefficient (Wildman–Crippen LogP) is 4.39. The molecular weight excluding hydrogens is 390 g/mol. The minimum atomic E-state index is -0.299. The Morgan fingerprint density at radius 3 is 2.61 bits per heavy atom. The third kappa shape index (κ3) is 4.62. The number of hydrogen-bond donors (Lipinski definition) is 1. The van der Waals surface area contributed by atoms with Crippen LogP contribution in [-0.4, -0.2) is 26.8 Å². The van der Waals surface area contributed by atoms with E-state index in [1.165, 1.54) is 28.6 Å². The molecule has 154 valence electrons. The number of nitrogens with one attached hydrogen (secondary N) is 1. The van der Waals surface area contributed by atoms with Crippen molar-refractivity contribution in [2.75, 3.05) is 0 Å². The van der Waals surface area contributed by atoms with E-state index in [0.29, 0.717) is 17.6 Å². The minimum Gasteiger partial charge on any atom is -0.353 e. The third-order valence-electron chi connectivity index (χ3n) is 5.05. The monoisotopic (exact) mass is 421 g/mol. The van der Waals surface area contributed by atoms with Crippen molar-refractivity contribution < 1.29 is 4.79 Å². The summed E-state index contributed by atoms with van der Waals surface area (Å²) in [5.74, 6) is 0.480. The van der Waals surface area contributed by atoms with Crippen LogP contribution in [0.4, 0.5) is 0 Å². The Kier molecular flexibility index (Phi) is 6.86. The molecule has 0 saturated carbocycles. The molecule has 28 heavy (non-hydrogen) atoms. The molecule has 1 amide bonds. The maximum atomic E-state index is 13.4. The molecule has 2 aromatic heterocycles. The molecule has 0 saturated heterocycles. The molecule has 7 heteroatoms. The van der Waals surface area contributed by atoms with Crippen LogP contribution in [0.15, 0.2) is 9.95 Å². The van der Waals surface area contributed by atoms with Crippen LogP contribution in [0.5, 0.6) is 0 Å². The molecule has 2 aromatic rings. The van der Waals surface area contributed by atoms with Gasteiger partial charge in [-0.1, -0.05) is 25.6 Å². The first kappa shape index (κ1) is 21.4. The first-order valence-electron chi connectivity index (χ1n) is 10.3. The largest absolute Gasteiger partial charge is 0.353 e. The Balaban J connectivity index is 2.03. The second-order valence-electron chi connectivity index (χ2n) is 8.35. The van der Waals surface area contributed by atoms with Crippen LogP contribution in [0.2, 0.25) is 0 Å². The third-order valence-corrected chi connectivity index (χ3v) is 7.33. The molecule has 1 aliphatic rings. The fraction of sp³-hybridized carbons (Fsp3) is 0.667. The van der Waals surface area contributed by atoms with Crippen molar-refractivity contribution in [3.05, 3.63) is 20.8 Å². The molecule has 3 rings (SSSR count). The number of rotatable bonds is 7. The second-order valence-corrected chi connectivity index (χ2v) is 10.7. The Morgan fingerprint density at radius 1 is 1.21 bits per heavy atom. The van der Waals surface area contributed by atoms with Crippen molar-refractivity contribution in [1.29, 1.82) is 0 Å². The summed E-state index contributed by atoms with van der Waals surface area (Å²) < 4.78 is 1.81. The fourth-order valence-corrected chi connectivity index (χ4v) is 5.75. The van der Waals surface area contributed by atoms with Gasteiger partial charge >= 0.3 is 0 Å². The van der Waals surface area contributed by atoms with E-state index in [9.17, 15) is 9.59 Å². The van der Waals surface area contributed by atoms with Crippen LogP contribution in [0, 0.1) is 5.92 Å². The van der Waals surface area contributed by atoms with E-state index in [4.69, 9.17) is 4.98 Å². The van der Waals surface area contributed by atoms with Crippen molar-refractivity contribution in [2.24, 2.45) is 5.92 Å². The summed E-state index contributed by atoms with van der Waals surface area (Å²) in [6.07, 6.45) is 5.29. The molecule has 0 bridgehead atoms. The number of thiophene rings is 1. The SMILES string of the molecule is CC(C)CCn1c(S[C@H](C)C(=O)NC(C)C)nc2sc3c(c2c1=O)CCCC3. The number of fused-ring (bicyclic) bond motifs is 3. The molecule has 1 N–H and O–H groups in total. The van der Waals surface area contributed by atoms with Gasteiger partial charge in [-0.25, -0.2) is 4.98 Å². The number of thioether (sulfide) groups is 1. The maximum Gasteiger partial charge on any atom is 0.263 e. The number of nitrogens with zero attached hydrogens (tertiary/aromatic N) is 2. The van der Waals surface area contributed by atoms with E-state index >= 15 is 0 Å². The summed E-state index contributed by atoms with van der Waals surface area (Å²) in [4.78, 5) is 32.9. The van der Waals surface area contributed by atoms with Gasteiger partial charge in [-0.05, 0) is 64.4 Å². The van der Waals surface area contributed by atoms with Gasteiger partial charge in [0.2, 0.25) is 5.91 Å². The number of aryl methyl sites for hydroxylation is 2. The number of hydrogen-bond acceptors (Lipinski definition) is 5. The Bertz CT molecular complexity index is 914. The molecule has 0 aromatic carbocycles. The van der Waals surface area contributed by atoms with Crippen molar-refractivity contribution in [3.63, 3.8) is 0 Å². The van der Waals surface area contributed by atoms with Crippen LogP contribution < -0.4 is 10.9 Å². The summed E-state index contributed by atoms with van der Waals surface area (Å²) in [7, 11) is 0. The lowest BCUT2D eigenvalue weighted by Crippen LogP contribution is -2.36. The highest BCUT2D eigenvalue weighted by molar-refractivity contribution is 8.00. The van der Waals surface area contributed by atoms with Crippen molar-refractivity contribution in [2.45, 2.75) is 89.7 Å². The highest BCUT2D eigenvalue weighted by Gasteiger charge is 2.24. The van der Waals surface area contributed by atoms with E-state index in [-0.39, 0.29) is 22.8 Å². The van der Waals surface area contributed by atoms with E-state index in [1.807, 2.05) is 25.3 Å². The summed E-state index contributed by atoms with van der Waals surface area (Å²) in [6, 6.07) is 0.0955. The smallest absolute Gasteiger partial charge is 0.263 e. The summed E-state index contributed by atoms with van der Waals surface area (Å²) in [5.41, 5.74) is 1.30. The van der Waals surface area contributed by atoms with Gasteiger partial charge in [-0.2, -0.15) is 0 Å². The molecular formula is C21H31N3O2S2. The van der Waals surface area contributed by atoms with Crippen LogP contribution in [0.25, 0.3) is 10.2 Å². The van der Waals surface area contributed by atoms with Crippen LogP contribution >= 0.6 is 23.1 Å². The first-order chi connectivity index (χ1) is 13.3. The average molecular weight is 422 g/mol. The van der Waals surface area contributed by atoms with Gasteiger partial charge in [-0.3, -0.25) is 14.2 Å². The molecule has 0 spiro atoms. The lowest BCUT2D eigenvalue weighted by Gasteiger charge is -2.17. The number of carbonyl (C=O) groups is 1. The molecule has 2 heterocycles. The molecule has 0 aliphatic heterocycles. The summed E-state index contributed by atoms with van der Waals surface area (Å²) in [6.45, 7) is 10.8. The van der Waals surface area contributed by atoms with E-state index in [0.717, 1.165) is 35.9 Å². The maximum absolute atomic E-state index is 13.4. The Labute approximate surface area is 175 Å². The van der Waals surface area contributed by atoms with Gasteiger partial charge in [0.1, 0.15) is 4.83 Å². The quantitative estimate of drug-likeness (QED) is 0.532. The predicted molar refractivity (Wildman–Crippen MR) is 119 cm³/mol. The summed E-state index contributed by atoms with van der Waals surface area (Å²) in [5, 5.41) is 4.15. The van der Waals surface area contributed by atoms with E-state index in [1.54, 1.807) is 11.3 Å². The number of amides is 1. The highest BCUT2D eigenvalue weighted by atomic mass is 32.2. The number of aromatic nitrogens is 2. The standard InChI is InChI=1S/C21H31N3O2S2/c1-12(2)10-11-24-20(26)17-15-8-6-7-9-16(15)28-19(17)23-21(24)27-14(5)18(25)22-13(3)4/h12-14H,6-11H2,1-5H3,(H,22,25)/t14-/m1/s1. The molecule has 0 fully saturated rings. The molecule has 5 nitrogen and oxygen atoms in total. The lowest BCUT2D eigenvalue weighted by molar-refractivity contribution is -0.120. The first-order valence-corrected chi connectivity index (χ1v) is 12.0. The van der Waals surface area contributed by atoms with Crippen molar-refractivity contribution >= 4 is 39.2 Å². The van der Waals surface area contributed by atoms with Crippen molar-refractivity contribution in [1.82, 2.24) is 14.9 Å². The van der Waals surface area contributed by atoms with E-state index < -0.39 is 0 Å². The van der Waals surface area contributed by atoms with Gasteiger partial charge in [0.25, 0.3) is 5.56 Å². The summed E-state index contributed by atoms with van der Waals surface area (Å²) >= 11 is 3.06. The topological polar surface area (TPSA) is 64.0 Å². The zero-order valence-electron chi connectivity index (χ0n) is 17.5. The fourth-order valence-electron chi connectivity index (χ4n) is 3.51. The Morgan fingerprint density at radius 2 is 1.93 bits per heavy atom. The molecule has 0 radical (unpaired) electrons. The second kappa shape index (κ2) is 8.99. The van der Waals surface area contributed by atoms with Crippen molar-refractivity contribution in [3.8, 4) is 0 Å². The molecule has 1 atom stereocenters. The van der Waals surface area contributed by atoms with Gasteiger partial charge in [0.15, 0.2) is 5.16 Å². The zero-order valence-corrected chi connectivity index (χ0v) is 19.1. The van der Waals surface area contributed by atoms with E-state index in [2.05, 4.69) is 19.2 Å². The van der Waals surface area contributed by atoms with Gasteiger partial charge in [-0.15, -0.1) is 11.3 Å². The highest BCUT2D eigenvalue weighted by Crippen LogP contribution is 2.35. The van der Waals surface area contributed by atoms with Crippen LogP contribution in [-0.2, 0) is 24.2 Å². The molecule has 1 aliphatic carbocycles. The van der Waals surface area contributed by atoms with Crippen LogP contribution in [0.3, 0.4) is 0 Å². The molecule has 0 unspecified atom stereocenters. The Hall–Kier alpha value is -1.34. The van der Waals surface area contributed by atoms with Gasteiger partial charge in [0.05, 0.1) is 10.6 Å². The minimum absolute atomic E-state index is 0.0183. The normalized spacial score (nSPS) is 15.2. The average Bonchev–Trinajstić information content (AvgIpc) is 2.98. The van der Waals surface area contributed by atoms with Crippen LogP contribution in [0.1, 0.15) is 64.3 Å². The van der Waals surface area contributed by atoms with Gasteiger partial charge in [0, 0.05) is 17.5 Å². The lowest BCUT2D eigenvalue weighted by atomic mass is 9.97.